The van der Waals surface area contributed by atoms with Gasteiger partial charge in [0, 0.05) is 6.42 Å². The van der Waals surface area contributed by atoms with Gasteiger partial charge in [-0.3, -0.25) is 4.79 Å². The zero-order valence-corrected chi connectivity index (χ0v) is 11.6. The summed E-state index contributed by atoms with van der Waals surface area (Å²) < 4.78 is 44.4. The molecule has 118 valence electrons. The summed E-state index contributed by atoms with van der Waals surface area (Å²) in [5.74, 6) is -0.941. The summed E-state index contributed by atoms with van der Waals surface area (Å²) in [6.45, 7) is 0. The van der Waals surface area contributed by atoms with Crippen molar-refractivity contribution in [2.24, 2.45) is 0 Å². The average Bonchev–Trinajstić information content (AvgIpc) is 2.92. The summed E-state index contributed by atoms with van der Waals surface area (Å²) >= 11 is 0. The fraction of sp³-hybridized carbons (Fsp3) is 0.467. The molecule has 0 radical (unpaired) electrons. The Morgan fingerprint density at radius 2 is 2.14 bits per heavy atom. The lowest BCUT2D eigenvalue weighted by Gasteiger charge is -2.17. The van der Waals surface area contributed by atoms with Gasteiger partial charge in [0.05, 0.1) is 23.3 Å². The SMILES string of the molecule is N#Cc1c(C2CCC(CCC(=O)O)O2)cccc1C(F)(F)F. The van der Waals surface area contributed by atoms with Crippen LogP contribution >= 0.6 is 0 Å². The normalized spacial score (nSPS) is 21.5. The maximum Gasteiger partial charge on any atom is 0.417 e. The van der Waals surface area contributed by atoms with Gasteiger partial charge in [-0.1, -0.05) is 12.1 Å². The van der Waals surface area contributed by atoms with Crippen LogP contribution in [0.3, 0.4) is 0 Å². The van der Waals surface area contributed by atoms with Gasteiger partial charge in [-0.25, -0.2) is 0 Å². The third-order valence-electron chi connectivity index (χ3n) is 3.65. The Morgan fingerprint density at radius 3 is 2.73 bits per heavy atom. The van der Waals surface area contributed by atoms with Crippen LogP contribution in [0.1, 0.15) is 48.5 Å². The van der Waals surface area contributed by atoms with Crippen LogP contribution in [0.15, 0.2) is 18.2 Å². The molecule has 22 heavy (non-hydrogen) atoms. The van der Waals surface area contributed by atoms with Crippen LogP contribution in [-0.2, 0) is 15.7 Å². The van der Waals surface area contributed by atoms with E-state index in [1.54, 1.807) is 6.07 Å². The molecule has 2 rings (SSSR count). The molecule has 1 aliphatic rings. The average molecular weight is 313 g/mol. The third kappa shape index (κ3) is 3.57. The van der Waals surface area contributed by atoms with Gasteiger partial charge in [0.15, 0.2) is 0 Å². The van der Waals surface area contributed by atoms with Gasteiger partial charge >= 0.3 is 12.1 Å². The molecule has 0 aliphatic carbocycles. The van der Waals surface area contributed by atoms with E-state index in [9.17, 15) is 18.0 Å². The van der Waals surface area contributed by atoms with Crippen molar-refractivity contribution in [3.63, 3.8) is 0 Å². The van der Waals surface area contributed by atoms with Crippen molar-refractivity contribution < 1.29 is 27.8 Å². The van der Waals surface area contributed by atoms with Crippen molar-refractivity contribution in [2.45, 2.75) is 44.1 Å². The first-order valence-electron chi connectivity index (χ1n) is 6.80. The molecule has 1 N–H and O–H groups in total. The lowest BCUT2D eigenvalue weighted by Crippen LogP contribution is -2.13. The van der Waals surface area contributed by atoms with Gasteiger partial charge in [0.25, 0.3) is 0 Å². The number of alkyl halides is 3. The predicted molar refractivity (Wildman–Crippen MR) is 69.9 cm³/mol. The van der Waals surface area contributed by atoms with Crippen LogP contribution < -0.4 is 0 Å². The van der Waals surface area contributed by atoms with E-state index in [1.165, 1.54) is 12.1 Å². The molecule has 1 aromatic rings. The number of nitriles is 1. The first-order chi connectivity index (χ1) is 10.3. The standard InChI is InChI=1S/C15H14F3NO3/c16-15(17,18)12-3-1-2-10(11(12)8-19)13-6-4-9(22-13)5-7-14(20)21/h1-3,9,13H,4-7H2,(H,20,21). The van der Waals surface area contributed by atoms with Crippen LogP contribution in [0, 0.1) is 11.3 Å². The lowest BCUT2D eigenvalue weighted by molar-refractivity contribution is -0.139. The number of ether oxygens (including phenoxy) is 1. The highest BCUT2D eigenvalue weighted by Crippen LogP contribution is 2.40. The fourth-order valence-corrected chi connectivity index (χ4v) is 2.63. The number of halogens is 3. The van der Waals surface area contributed by atoms with E-state index in [0.717, 1.165) is 6.07 Å². The predicted octanol–water partition coefficient (Wildman–Crippen LogP) is 3.66. The van der Waals surface area contributed by atoms with Gasteiger partial charge in [-0.15, -0.1) is 0 Å². The molecular formula is C15H14F3NO3. The molecule has 1 aliphatic heterocycles. The Kier molecular flexibility index (Phi) is 4.71. The number of carboxylic acids is 1. The third-order valence-corrected chi connectivity index (χ3v) is 3.65. The molecule has 7 heteroatoms. The van der Waals surface area contributed by atoms with Gasteiger partial charge in [0.2, 0.25) is 0 Å². The van der Waals surface area contributed by atoms with E-state index >= 15 is 0 Å². The van der Waals surface area contributed by atoms with Crippen LogP contribution in [0.25, 0.3) is 0 Å². The van der Waals surface area contributed by atoms with Gasteiger partial charge in [-0.05, 0) is 30.9 Å². The van der Waals surface area contributed by atoms with Crippen LogP contribution in [0.5, 0.6) is 0 Å². The molecule has 0 spiro atoms. The molecule has 0 aromatic heterocycles. The highest BCUT2D eigenvalue weighted by atomic mass is 19.4. The first kappa shape index (κ1) is 16.3. The second-order valence-corrected chi connectivity index (χ2v) is 5.14. The lowest BCUT2D eigenvalue weighted by atomic mass is 9.96. The number of hydrogen-bond donors (Lipinski definition) is 1. The maximum absolute atomic E-state index is 12.9. The monoisotopic (exact) mass is 313 g/mol. The Morgan fingerprint density at radius 1 is 1.41 bits per heavy atom. The number of nitrogens with zero attached hydrogens (tertiary/aromatic N) is 1. The van der Waals surface area contributed by atoms with E-state index in [-0.39, 0.29) is 18.1 Å². The van der Waals surface area contributed by atoms with Crippen molar-refractivity contribution >= 4 is 5.97 Å². The number of rotatable bonds is 4. The number of carbonyl (C=O) groups is 1. The van der Waals surface area contributed by atoms with E-state index in [0.29, 0.717) is 19.3 Å². The maximum atomic E-state index is 12.9. The van der Waals surface area contributed by atoms with Gasteiger partial charge in [0.1, 0.15) is 6.07 Å². The molecule has 1 heterocycles. The molecule has 0 saturated carbocycles. The summed E-state index contributed by atoms with van der Waals surface area (Å²) in [5, 5.41) is 17.7. The molecule has 0 bridgehead atoms. The van der Waals surface area contributed by atoms with E-state index in [4.69, 9.17) is 15.1 Å². The zero-order valence-electron chi connectivity index (χ0n) is 11.6. The number of benzene rings is 1. The molecule has 2 unspecified atom stereocenters. The van der Waals surface area contributed by atoms with E-state index in [1.807, 2.05) is 0 Å². The number of aliphatic carboxylic acids is 1. The molecular weight excluding hydrogens is 299 g/mol. The second-order valence-electron chi connectivity index (χ2n) is 5.14. The van der Waals surface area contributed by atoms with Crippen molar-refractivity contribution in [3.05, 3.63) is 34.9 Å². The Bertz CT molecular complexity index is 607. The van der Waals surface area contributed by atoms with Crippen molar-refractivity contribution in [2.75, 3.05) is 0 Å². The summed E-state index contributed by atoms with van der Waals surface area (Å²) in [6, 6.07) is 5.21. The Labute approximate surface area is 125 Å². The van der Waals surface area contributed by atoms with E-state index in [2.05, 4.69) is 0 Å². The van der Waals surface area contributed by atoms with Gasteiger partial charge < -0.3 is 9.84 Å². The fourth-order valence-electron chi connectivity index (χ4n) is 2.63. The van der Waals surface area contributed by atoms with Crippen LogP contribution in [-0.4, -0.2) is 17.2 Å². The quantitative estimate of drug-likeness (QED) is 0.921. The highest BCUT2D eigenvalue weighted by molar-refractivity contribution is 5.66. The minimum absolute atomic E-state index is 0.0505. The zero-order chi connectivity index (χ0) is 16.3. The first-order valence-corrected chi connectivity index (χ1v) is 6.80. The topological polar surface area (TPSA) is 70.3 Å². The number of carboxylic acid groups (broad SMARTS) is 1. The second kappa shape index (κ2) is 6.36. The summed E-state index contributed by atoms with van der Waals surface area (Å²) in [4.78, 5) is 10.5. The van der Waals surface area contributed by atoms with E-state index < -0.39 is 29.4 Å². The molecule has 4 nitrogen and oxygen atoms in total. The highest BCUT2D eigenvalue weighted by Gasteiger charge is 2.37. The van der Waals surface area contributed by atoms with Gasteiger partial charge in [-0.2, -0.15) is 18.4 Å². The number of hydrogen-bond acceptors (Lipinski definition) is 3. The van der Waals surface area contributed by atoms with Crippen molar-refractivity contribution in [1.29, 1.82) is 5.26 Å². The minimum Gasteiger partial charge on any atom is -0.481 e. The molecule has 0 amide bonds. The summed E-state index contributed by atoms with van der Waals surface area (Å²) in [7, 11) is 0. The Balaban J connectivity index is 2.20. The van der Waals surface area contributed by atoms with Crippen LogP contribution in [0.4, 0.5) is 13.2 Å². The summed E-state index contributed by atoms with van der Waals surface area (Å²) in [5.41, 5.74) is -1.17. The largest absolute Gasteiger partial charge is 0.481 e. The van der Waals surface area contributed by atoms with Crippen molar-refractivity contribution in [3.8, 4) is 6.07 Å². The molecule has 1 saturated heterocycles. The van der Waals surface area contributed by atoms with Crippen LogP contribution in [0.2, 0.25) is 0 Å². The Hall–Kier alpha value is -2.07. The molecule has 1 aromatic carbocycles. The molecule has 2 atom stereocenters. The van der Waals surface area contributed by atoms with Crippen molar-refractivity contribution in [1.82, 2.24) is 0 Å². The smallest absolute Gasteiger partial charge is 0.417 e. The molecule has 1 fully saturated rings. The summed E-state index contributed by atoms with van der Waals surface area (Å²) in [6.07, 6.45) is -4.20. The minimum atomic E-state index is -4.59.